The first-order valence-electron chi connectivity index (χ1n) is 11.5. The maximum absolute atomic E-state index is 12.9. The first kappa shape index (κ1) is 24.3. The second kappa shape index (κ2) is 10.6. The molecular weight excluding hydrogens is 471 g/mol. The molecule has 0 radical (unpaired) electrons. The van der Waals surface area contributed by atoms with E-state index in [1.165, 1.54) is 0 Å². The quantitative estimate of drug-likeness (QED) is 0.519. The van der Waals surface area contributed by atoms with Crippen LogP contribution in [0.25, 0.3) is 5.69 Å². The Morgan fingerprint density at radius 3 is 2.50 bits per heavy atom. The highest BCUT2D eigenvalue weighted by Crippen LogP contribution is 2.25. The van der Waals surface area contributed by atoms with Crippen LogP contribution >= 0.6 is 23.2 Å². The van der Waals surface area contributed by atoms with E-state index >= 15 is 0 Å². The van der Waals surface area contributed by atoms with Crippen molar-refractivity contribution in [1.29, 1.82) is 0 Å². The van der Waals surface area contributed by atoms with Gasteiger partial charge in [0.05, 0.1) is 27.3 Å². The van der Waals surface area contributed by atoms with E-state index in [0.717, 1.165) is 41.9 Å². The van der Waals surface area contributed by atoms with E-state index in [1.54, 1.807) is 23.1 Å². The number of likely N-dealkylation sites (tertiary alicyclic amines) is 1. The summed E-state index contributed by atoms with van der Waals surface area (Å²) < 4.78 is 1.93. The Morgan fingerprint density at radius 2 is 1.82 bits per heavy atom. The van der Waals surface area contributed by atoms with E-state index in [4.69, 9.17) is 23.2 Å². The Labute approximate surface area is 209 Å². The number of halogens is 2. The van der Waals surface area contributed by atoms with Gasteiger partial charge in [-0.2, -0.15) is 5.10 Å². The van der Waals surface area contributed by atoms with Crippen molar-refractivity contribution in [3.8, 4) is 5.69 Å². The molecule has 0 saturated carbocycles. The van der Waals surface area contributed by atoms with Crippen molar-refractivity contribution in [2.45, 2.75) is 33.1 Å². The van der Waals surface area contributed by atoms with Crippen molar-refractivity contribution in [3.05, 3.63) is 81.1 Å². The maximum Gasteiger partial charge on any atom is 0.253 e. The molecule has 3 aromatic rings. The highest BCUT2D eigenvalue weighted by atomic mass is 35.5. The molecule has 0 bridgehead atoms. The van der Waals surface area contributed by atoms with Crippen molar-refractivity contribution < 1.29 is 9.59 Å². The summed E-state index contributed by atoms with van der Waals surface area (Å²) in [5, 5.41) is 8.32. The van der Waals surface area contributed by atoms with Crippen molar-refractivity contribution >= 4 is 35.0 Å². The standard InChI is InChI=1S/C26H28Cl2N4O2/c1-17-14-18(2)32(30-17)22-8-5-19(6-9-22)11-12-29-25(33)21-4-3-13-31(16-21)26(34)20-7-10-23(27)24(28)15-20/h5-10,14-15,21H,3-4,11-13,16H2,1-2H3,(H,29,33). The number of hydrogen-bond donors (Lipinski definition) is 1. The SMILES string of the molecule is Cc1cc(C)n(-c2ccc(CCNC(=O)C3CCCN(C(=O)c4ccc(Cl)c(Cl)c4)C3)cc2)n1. The molecular formula is C26H28Cl2N4O2. The highest BCUT2D eigenvalue weighted by molar-refractivity contribution is 6.42. The molecule has 2 aromatic carbocycles. The summed E-state index contributed by atoms with van der Waals surface area (Å²) >= 11 is 12.0. The van der Waals surface area contributed by atoms with Crippen LogP contribution in [0.3, 0.4) is 0 Å². The van der Waals surface area contributed by atoms with Gasteiger partial charge in [-0.1, -0.05) is 35.3 Å². The topological polar surface area (TPSA) is 67.2 Å². The molecule has 178 valence electrons. The number of rotatable bonds is 6. The van der Waals surface area contributed by atoms with E-state index in [9.17, 15) is 9.59 Å². The van der Waals surface area contributed by atoms with Gasteiger partial charge in [0, 0.05) is 30.9 Å². The van der Waals surface area contributed by atoms with Gasteiger partial charge in [0.1, 0.15) is 0 Å². The lowest BCUT2D eigenvalue weighted by atomic mass is 9.96. The minimum absolute atomic E-state index is 0.00843. The molecule has 2 amide bonds. The average molecular weight is 499 g/mol. The second-order valence-corrected chi connectivity index (χ2v) is 9.58. The van der Waals surface area contributed by atoms with Crippen LogP contribution in [-0.4, -0.2) is 46.1 Å². The number of benzene rings is 2. The molecule has 2 heterocycles. The number of nitrogens with one attached hydrogen (secondary N) is 1. The lowest BCUT2D eigenvalue weighted by molar-refractivity contribution is -0.126. The molecule has 8 heteroatoms. The average Bonchev–Trinajstić information content (AvgIpc) is 3.18. The highest BCUT2D eigenvalue weighted by Gasteiger charge is 2.29. The number of carbonyl (C=O) groups is 2. The van der Waals surface area contributed by atoms with Crippen LogP contribution in [0, 0.1) is 19.8 Å². The summed E-state index contributed by atoms with van der Waals surface area (Å²) in [5.74, 6) is -0.349. The third kappa shape index (κ3) is 5.62. The molecule has 1 aliphatic heterocycles. The minimum atomic E-state index is -0.214. The summed E-state index contributed by atoms with van der Waals surface area (Å²) in [6, 6.07) is 15.1. The molecule has 1 aromatic heterocycles. The predicted octanol–water partition coefficient (Wildman–Crippen LogP) is 5.01. The molecule has 1 fully saturated rings. The van der Waals surface area contributed by atoms with Crippen LogP contribution in [0.4, 0.5) is 0 Å². The summed E-state index contributed by atoms with van der Waals surface area (Å²) in [6.45, 7) is 5.60. The molecule has 1 atom stereocenters. The fourth-order valence-electron chi connectivity index (χ4n) is 4.36. The Bertz CT molecular complexity index is 1190. The maximum atomic E-state index is 12.9. The molecule has 1 unspecified atom stereocenters. The summed E-state index contributed by atoms with van der Waals surface area (Å²) in [7, 11) is 0. The van der Waals surface area contributed by atoms with Gasteiger partial charge in [-0.3, -0.25) is 9.59 Å². The Balaban J connectivity index is 1.28. The number of nitrogens with zero attached hydrogens (tertiary/aromatic N) is 3. The van der Waals surface area contributed by atoms with E-state index in [-0.39, 0.29) is 17.7 Å². The second-order valence-electron chi connectivity index (χ2n) is 8.77. The van der Waals surface area contributed by atoms with E-state index in [1.807, 2.05) is 36.7 Å². The lowest BCUT2D eigenvalue weighted by Crippen LogP contribution is -2.45. The predicted molar refractivity (Wildman–Crippen MR) is 135 cm³/mol. The van der Waals surface area contributed by atoms with E-state index in [2.05, 4.69) is 22.5 Å². The largest absolute Gasteiger partial charge is 0.355 e. The van der Waals surface area contributed by atoms with Crippen LogP contribution in [0.1, 0.15) is 40.2 Å². The smallest absolute Gasteiger partial charge is 0.253 e. The van der Waals surface area contributed by atoms with E-state index in [0.29, 0.717) is 35.2 Å². The van der Waals surface area contributed by atoms with Crippen LogP contribution in [0.5, 0.6) is 0 Å². The Morgan fingerprint density at radius 1 is 1.06 bits per heavy atom. The lowest BCUT2D eigenvalue weighted by Gasteiger charge is -2.32. The van der Waals surface area contributed by atoms with Crippen molar-refractivity contribution in [1.82, 2.24) is 20.0 Å². The molecule has 34 heavy (non-hydrogen) atoms. The molecule has 0 aliphatic carbocycles. The number of aromatic nitrogens is 2. The van der Waals surface area contributed by atoms with Crippen LogP contribution < -0.4 is 5.32 Å². The van der Waals surface area contributed by atoms with Gasteiger partial charge in [0.25, 0.3) is 5.91 Å². The zero-order valence-corrected chi connectivity index (χ0v) is 20.9. The van der Waals surface area contributed by atoms with Crippen molar-refractivity contribution in [3.63, 3.8) is 0 Å². The minimum Gasteiger partial charge on any atom is -0.355 e. The van der Waals surface area contributed by atoms with Gasteiger partial charge < -0.3 is 10.2 Å². The summed E-state index contributed by atoms with van der Waals surface area (Å²) in [4.78, 5) is 27.4. The number of hydrogen-bond acceptors (Lipinski definition) is 3. The monoisotopic (exact) mass is 498 g/mol. The number of piperidine rings is 1. The zero-order chi connectivity index (χ0) is 24.2. The molecule has 1 saturated heterocycles. The number of amides is 2. The fourth-order valence-corrected chi connectivity index (χ4v) is 4.65. The zero-order valence-electron chi connectivity index (χ0n) is 19.4. The van der Waals surface area contributed by atoms with Crippen molar-refractivity contribution in [2.24, 2.45) is 5.92 Å². The van der Waals surface area contributed by atoms with Gasteiger partial charge in [0.15, 0.2) is 0 Å². The third-order valence-corrected chi connectivity index (χ3v) is 6.89. The first-order chi connectivity index (χ1) is 16.3. The molecule has 1 N–H and O–H groups in total. The Hall–Kier alpha value is -2.83. The first-order valence-corrected chi connectivity index (χ1v) is 12.2. The van der Waals surface area contributed by atoms with Crippen molar-refractivity contribution in [2.75, 3.05) is 19.6 Å². The molecule has 1 aliphatic rings. The third-order valence-electron chi connectivity index (χ3n) is 6.15. The normalized spacial score (nSPS) is 15.9. The van der Waals surface area contributed by atoms with Gasteiger partial charge in [-0.25, -0.2) is 4.68 Å². The van der Waals surface area contributed by atoms with Crippen LogP contribution in [-0.2, 0) is 11.2 Å². The van der Waals surface area contributed by atoms with Gasteiger partial charge in [-0.15, -0.1) is 0 Å². The number of aryl methyl sites for hydroxylation is 2. The fraction of sp³-hybridized carbons (Fsp3) is 0.346. The number of carbonyl (C=O) groups excluding carboxylic acids is 2. The molecule has 4 rings (SSSR count). The Kier molecular flexibility index (Phi) is 7.59. The van der Waals surface area contributed by atoms with Gasteiger partial charge >= 0.3 is 0 Å². The molecule has 6 nitrogen and oxygen atoms in total. The van der Waals surface area contributed by atoms with Gasteiger partial charge in [0.2, 0.25) is 5.91 Å². The summed E-state index contributed by atoms with van der Waals surface area (Å²) in [5.41, 5.74) is 4.73. The summed E-state index contributed by atoms with van der Waals surface area (Å²) in [6.07, 6.45) is 2.30. The molecule has 0 spiro atoms. The van der Waals surface area contributed by atoms with Crippen LogP contribution in [0.2, 0.25) is 10.0 Å². The van der Waals surface area contributed by atoms with Gasteiger partial charge in [-0.05, 0) is 75.1 Å². The van der Waals surface area contributed by atoms with E-state index < -0.39 is 0 Å². The van der Waals surface area contributed by atoms with Crippen LogP contribution in [0.15, 0.2) is 48.5 Å².